The van der Waals surface area contributed by atoms with Crippen molar-refractivity contribution < 1.29 is 0 Å². The molecule has 3 nitrogen and oxygen atoms in total. The fourth-order valence-corrected chi connectivity index (χ4v) is 3.32. The highest BCUT2D eigenvalue weighted by molar-refractivity contribution is 5.33. The van der Waals surface area contributed by atoms with Crippen LogP contribution in [0.1, 0.15) is 55.8 Å². The maximum atomic E-state index is 6.03. The molecule has 3 heteroatoms. The Bertz CT molecular complexity index is 434. The molecule has 20 heavy (non-hydrogen) atoms. The Labute approximate surface area is 123 Å². The number of aryl methyl sites for hydroxylation is 2. The molecule has 2 rings (SSSR count). The summed E-state index contributed by atoms with van der Waals surface area (Å²) in [7, 11) is 0. The molecule has 3 unspecified atom stereocenters. The van der Waals surface area contributed by atoms with Gasteiger partial charge in [-0.05, 0) is 51.7 Å². The van der Waals surface area contributed by atoms with Gasteiger partial charge >= 0.3 is 0 Å². The molecule has 0 aromatic heterocycles. The zero-order valence-electron chi connectivity index (χ0n) is 13.3. The average molecular weight is 275 g/mol. The van der Waals surface area contributed by atoms with Crippen molar-refractivity contribution in [1.82, 2.24) is 10.4 Å². The zero-order valence-corrected chi connectivity index (χ0v) is 13.3. The van der Waals surface area contributed by atoms with Crippen LogP contribution in [0.4, 0.5) is 0 Å². The molecule has 0 radical (unpaired) electrons. The maximum Gasteiger partial charge on any atom is 0.0589 e. The summed E-state index contributed by atoms with van der Waals surface area (Å²) in [5.74, 6) is 0. The molecular weight excluding hydrogens is 246 g/mol. The molecule has 1 heterocycles. The van der Waals surface area contributed by atoms with Gasteiger partial charge in [-0.3, -0.25) is 0 Å². The molecule has 1 fully saturated rings. The van der Waals surface area contributed by atoms with Crippen LogP contribution in [0.3, 0.4) is 0 Å². The van der Waals surface area contributed by atoms with Crippen LogP contribution in [0.2, 0.25) is 0 Å². The number of hydrazine groups is 1. The summed E-state index contributed by atoms with van der Waals surface area (Å²) in [6.07, 6.45) is 3.86. The normalized spacial score (nSPS) is 25.6. The summed E-state index contributed by atoms with van der Waals surface area (Å²) in [4.78, 5) is 0. The van der Waals surface area contributed by atoms with E-state index >= 15 is 0 Å². The number of hydrogen-bond donors (Lipinski definition) is 2. The molecule has 3 N–H and O–H groups in total. The Hall–Kier alpha value is -0.900. The predicted molar refractivity (Wildman–Crippen MR) is 85.5 cm³/mol. The summed E-state index contributed by atoms with van der Waals surface area (Å²) < 4.78 is 0. The number of rotatable bonds is 4. The van der Waals surface area contributed by atoms with Gasteiger partial charge < -0.3 is 5.73 Å². The van der Waals surface area contributed by atoms with Crippen molar-refractivity contribution in [3.63, 3.8) is 0 Å². The average Bonchev–Trinajstić information content (AvgIpc) is 2.40. The molecule has 1 aliphatic rings. The molecule has 0 amide bonds. The highest BCUT2D eigenvalue weighted by atomic mass is 15.5. The monoisotopic (exact) mass is 275 g/mol. The van der Waals surface area contributed by atoms with Gasteiger partial charge in [0.05, 0.1) is 6.04 Å². The van der Waals surface area contributed by atoms with E-state index in [1.54, 1.807) is 0 Å². The van der Waals surface area contributed by atoms with Crippen molar-refractivity contribution in [3.8, 4) is 0 Å². The number of nitrogens with one attached hydrogen (secondary N) is 1. The smallest absolute Gasteiger partial charge is 0.0589 e. The second-order valence-corrected chi connectivity index (χ2v) is 6.31. The van der Waals surface area contributed by atoms with Gasteiger partial charge in [-0.1, -0.05) is 30.2 Å². The van der Waals surface area contributed by atoms with Gasteiger partial charge in [-0.15, -0.1) is 0 Å². The molecule has 1 saturated heterocycles. The van der Waals surface area contributed by atoms with Crippen LogP contribution < -0.4 is 11.2 Å². The molecule has 1 aromatic carbocycles. The van der Waals surface area contributed by atoms with Crippen LogP contribution in [-0.2, 0) is 0 Å². The molecule has 1 aromatic rings. The van der Waals surface area contributed by atoms with E-state index in [1.165, 1.54) is 36.0 Å². The van der Waals surface area contributed by atoms with Crippen molar-refractivity contribution in [2.75, 3.05) is 6.54 Å². The molecule has 0 aliphatic carbocycles. The highest BCUT2D eigenvalue weighted by Crippen LogP contribution is 2.24. The lowest BCUT2D eigenvalue weighted by Crippen LogP contribution is -2.54. The van der Waals surface area contributed by atoms with Gasteiger partial charge in [-0.2, -0.15) is 0 Å². The quantitative estimate of drug-likeness (QED) is 0.887. The number of hydrogen-bond acceptors (Lipinski definition) is 3. The minimum absolute atomic E-state index is 0.207. The first kappa shape index (κ1) is 15.5. The van der Waals surface area contributed by atoms with Crippen LogP contribution in [0.25, 0.3) is 0 Å². The van der Waals surface area contributed by atoms with Crippen molar-refractivity contribution in [1.29, 1.82) is 0 Å². The number of piperidine rings is 1. The lowest BCUT2D eigenvalue weighted by Gasteiger charge is -2.41. The molecule has 0 bridgehead atoms. The Balaban J connectivity index is 2.15. The first-order valence-electron chi connectivity index (χ1n) is 7.84. The molecule has 3 atom stereocenters. The van der Waals surface area contributed by atoms with Crippen molar-refractivity contribution in [3.05, 3.63) is 34.9 Å². The van der Waals surface area contributed by atoms with E-state index in [0.29, 0.717) is 18.6 Å². The lowest BCUT2D eigenvalue weighted by atomic mass is 9.97. The number of benzene rings is 1. The van der Waals surface area contributed by atoms with E-state index in [2.05, 4.69) is 56.3 Å². The van der Waals surface area contributed by atoms with Crippen molar-refractivity contribution in [2.24, 2.45) is 5.73 Å². The topological polar surface area (TPSA) is 41.3 Å². The first-order chi connectivity index (χ1) is 9.52. The summed E-state index contributed by atoms with van der Waals surface area (Å²) in [6.45, 7) is 9.54. The Morgan fingerprint density at radius 3 is 2.45 bits per heavy atom. The van der Waals surface area contributed by atoms with E-state index in [9.17, 15) is 0 Å². The van der Waals surface area contributed by atoms with E-state index in [-0.39, 0.29) is 6.04 Å². The van der Waals surface area contributed by atoms with Crippen LogP contribution in [-0.4, -0.2) is 23.6 Å². The maximum absolute atomic E-state index is 6.03. The van der Waals surface area contributed by atoms with Gasteiger partial charge in [0.1, 0.15) is 0 Å². The Morgan fingerprint density at radius 1 is 1.25 bits per heavy atom. The summed E-state index contributed by atoms with van der Waals surface area (Å²) in [6, 6.07) is 8.00. The third-order valence-electron chi connectivity index (χ3n) is 4.53. The van der Waals surface area contributed by atoms with Gasteiger partial charge in [0.15, 0.2) is 0 Å². The van der Waals surface area contributed by atoms with Crippen molar-refractivity contribution >= 4 is 0 Å². The summed E-state index contributed by atoms with van der Waals surface area (Å²) in [5.41, 5.74) is 13.7. The number of nitrogens with two attached hydrogens (primary N) is 1. The zero-order chi connectivity index (χ0) is 14.7. The van der Waals surface area contributed by atoms with Crippen LogP contribution in [0.5, 0.6) is 0 Å². The van der Waals surface area contributed by atoms with Gasteiger partial charge in [-0.25, -0.2) is 10.4 Å². The van der Waals surface area contributed by atoms with Gasteiger partial charge in [0.25, 0.3) is 0 Å². The largest absolute Gasteiger partial charge is 0.329 e. The fraction of sp³-hybridized carbons (Fsp3) is 0.647. The van der Waals surface area contributed by atoms with E-state index in [1.807, 2.05) is 0 Å². The SMILES string of the molecule is Cc1ccc(C(CN)NN2C(C)CCCC2C)c(C)c1. The predicted octanol–water partition coefficient (Wildman–Crippen LogP) is 3.07. The molecular formula is C17H29N3. The first-order valence-corrected chi connectivity index (χ1v) is 7.84. The second-order valence-electron chi connectivity index (χ2n) is 6.31. The Morgan fingerprint density at radius 2 is 1.90 bits per heavy atom. The Kier molecular flexibility index (Phi) is 5.19. The van der Waals surface area contributed by atoms with Crippen LogP contribution in [0.15, 0.2) is 18.2 Å². The van der Waals surface area contributed by atoms with Gasteiger partial charge in [0, 0.05) is 18.6 Å². The highest BCUT2D eigenvalue weighted by Gasteiger charge is 2.27. The molecule has 0 spiro atoms. The summed E-state index contributed by atoms with van der Waals surface area (Å²) in [5, 5.41) is 2.42. The standard InChI is InChI=1S/C17H29N3/c1-12-8-9-16(13(2)10-12)17(11-18)19-20-14(3)6-5-7-15(20)4/h8-10,14-15,17,19H,5-7,11,18H2,1-4H3. The fourth-order valence-electron chi connectivity index (χ4n) is 3.32. The third-order valence-corrected chi connectivity index (χ3v) is 4.53. The summed E-state index contributed by atoms with van der Waals surface area (Å²) >= 11 is 0. The lowest BCUT2D eigenvalue weighted by molar-refractivity contribution is 0.0303. The van der Waals surface area contributed by atoms with Crippen LogP contribution >= 0.6 is 0 Å². The van der Waals surface area contributed by atoms with E-state index in [0.717, 1.165) is 0 Å². The second kappa shape index (κ2) is 6.70. The van der Waals surface area contributed by atoms with E-state index in [4.69, 9.17) is 5.73 Å². The van der Waals surface area contributed by atoms with Crippen LogP contribution in [0, 0.1) is 13.8 Å². The minimum atomic E-state index is 0.207. The van der Waals surface area contributed by atoms with Crippen molar-refractivity contribution in [2.45, 2.75) is 65.1 Å². The number of nitrogens with zero attached hydrogens (tertiary/aromatic N) is 1. The minimum Gasteiger partial charge on any atom is -0.329 e. The third kappa shape index (κ3) is 3.40. The molecule has 0 saturated carbocycles. The van der Waals surface area contributed by atoms with E-state index < -0.39 is 0 Å². The van der Waals surface area contributed by atoms with Gasteiger partial charge in [0.2, 0.25) is 0 Å². The molecule has 1 aliphatic heterocycles. The molecule has 112 valence electrons.